The molecule has 0 spiro atoms. The number of nitrogens with zero attached hydrogens (tertiary/aromatic N) is 1. The lowest BCUT2D eigenvalue weighted by atomic mass is 10.2. The predicted octanol–water partition coefficient (Wildman–Crippen LogP) is 2.76. The van der Waals surface area contributed by atoms with E-state index in [1.165, 1.54) is 30.3 Å². The second-order valence-electron chi connectivity index (χ2n) is 5.09. The van der Waals surface area contributed by atoms with E-state index in [-0.39, 0.29) is 24.3 Å². The Kier molecular flexibility index (Phi) is 5.50. The maximum absolute atomic E-state index is 13.5. The second kappa shape index (κ2) is 7.39. The first-order valence-electron chi connectivity index (χ1n) is 7.05. The molecule has 0 fully saturated rings. The number of hydrogen-bond acceptors (Lipinski definition) is 3. The highest BCUT2D eigenvalue weighted by molar-refractivity contribution is 7.92. The summed E-state index contributed by atoms with van der Waals surface area (Å²) < 4.78 is 51.2. The third-order valence-electron chi connectivity index (χ3n) is 3.20. The fourth-order valence-corrected chi connectivity index (χ4v) is 3.00. The lowest BCUT2D eigenvalue weighted by molar-refractivity contribution is -0.116. The van der Waals surface area contributed by atoms with Gasteiger partial charge in [0, 0.05) is 13.0 Å². The van der Waals surface area contributed by atoms with Crippen LogP contribution in [-0.4, -0.2) is 27.1 Å². The molecule has 1 amide bonds. The first kappa shape index (κ1) is 17.9. The van der Waals surface area contributed by atoms with Gasteiger partial charge in [0.2, 0.25) is 15.9 Å². The molecule has 0 saturated heterocycles. The van der Waals surface area contributed by atoms with E-state index < -0.39 is 27.6 Å². The summed E-state index contributed by atoms with van der Waals surface area (Å²) in [6.45, 7) is -0.148. The number of benzene rings is 2. The molecule has 0 saturated carbocycles. The van der Waals surface area contributed by atoms with E-state index in [0.29, 0.717) is 0 Å². The zero-order chi connectivity index (χ0) is 17.7. The number of halogens is 2. The van der Waals surface area contributed by atoms with E-state index in [1.807, 2.05) is 0 Å². The average molecular weight is 354 g/mol. The summed E-state index contributed by atoms with van der Waals surface area (Å²) in [4.78, 5) is 11.9. The Morgan fingerprint density at radius 3 is 2.29 bits per heavy atom. The van der Waals surface area contributed by atoms with Crippen molar-refractivity contribution in [1.82, 2.24) is 0 Å². The number of para-hydroxylation sites is 1. The van der Waals surface area contributed by atoms with E-state index in [2.05, 4.69) is 5.32 Å². The molecule has 2 aromatic rings. The normalized spacial score (nSPS) is 11.1. The Morgan fingerprint density at radius 2 is 1.71 bits per heavy atom. The molecule has 8 heteroatoms. The van der Waals surface area contributed by atoms with Crippen LogP contribution in [0.3, 0.4) is 0 Å². The molecule has 0 aromatic heterocycles. The lowest BCUT2D eigenvalue weighted by Gasteiger charge is -2.22. The largest absolute Gasteiger partial charge is 0.324 e. The van der Waals surface area contributed by atoms with Crippen LogP contribution in [0.2, 0.25) is 0 Å². The van der Waals surface area contributed by atoms with Crippen molar-refractivity contribution in [3.8, 4) is 0 Å². The minimum atomic E-state index is -3.65. The highest BCUT2D eigenvalue weighted by atomic mass is 32.2. The topological polar surface area (TPSA) is 66.5 Å². The SMILES string of the molecule is CS(=O)(=O)N(CCC(=O)Nc1ccccc1F)c1ccc(F)cc1. The Bertz CT molecular complexity index is 823. The number of sulfonamides is 1. The van der Waals surface area contributed by atoms with Gasteiger partial charge in [0.05, 0.1) is 17.6 Å². The number of amides is 1. The molecule has 0 radical (unpaired) electrons. The fourth-order valence-electron chi connectivity index (χ4n) is 2.07. The highest BCUT2D eigenvalue weighted by Gasteiger charge is 2.19. The van der Waals surface area contributed by atoms with E-state index >= 15 is 0 Å². The molecule has 128 valence electrons. The minimum absolute atomic E-state index is 0.0233. The van der Waals surface area contributed by atoms with Crippen LogP contribution >= 0.6 is 0 Å². The Balaban J connectivity index is 2.07. The summed E-state index contributed by atoms with van der Waals surface area (Å²) >= 11 is 0. The van der Waals surface area contributed by atoms with E-state index in [1.54, 1.807) is 6.07 Å². The van der Waals surface area contributed by atoms with Gasteiger partial charge in [-0.25, -0.2) is 17.2 Å². The van der Waals surface area contributed by atoms with Crippen molar-refractivity contribution in [2.24, 2.45) is 0 Å². The maximum Gasteiger partial charge on any atom is 0.232 e. The number of rotatable bonds is 6. The Labute approximate surface area is 139 Å². The predicted molar refractivity (Wildman–Crippen MR) is 88.2 cm³/mol. The minimum Gasteiger partial charge on any atom is -0.324 e. The molecule has 2 aromatic carbocycles. The van der Waals surface area contributed by atoms with Crippen LogP contribution in [-0.2, 0) is 14.8 Å². The van der Waals surface area contributed by atoms with Crippen molar-refractivity contribution in [2.45, 2.75) is 6.42 Å². The monoisotopic (exact) mass is 354 g/mol. The van der Waals surface area contributed by atoms with E-state index in [4.69, 9.17) is 0 Å². The lowest BCUT2D eigenvalue weighted by Crippen LogP contribution is -2.33. The van der Waals surface area contributed by atoms with E-state index in [9.17, 15) is 22.0 Å². The molecule has 0 bridgehead atoms. The van der Waals surface area contributed by atoms with Crippen LogP contribution in [0, 0.1) is 11.6 Å². The summed E-state index contributed by atoms with van der Waals surface area (Å²) in [5.74, 6) is -1.61. The van der Waals surface area contributed by atoms with Crippen LogP contribution < -0.4 is 9.62 Å². The molecule has 1 N–H and O–H groups in total. The van der Waals surface area contributed by atoms with Crippen LogP contribution in [0.15, 0.2) is 48.5 Å². The Morgan fingerprint density at radius 1 is 1.08 bits per heavy atom. The molecule has 0 heterocycles. The van der Waals surface area contributed by atoms with Gasteiger partial charge in [0.25, 0.3) is 0 Å². The van der Waals surface area contributed by atoms with Gasteiger partial charge >= 0.3 is 0 Å². The molecular formula is C16H16F2N2O3S. The van der Waals surface area contributed by atoms with Crippen molar-refractivity contribution in [1.29, 1.82) is 0 Å². The smallest absolute Gasteiger partial charge is 0.232 e. The number of hydrogen-bond donors (Lipinski definition) is 1. The molecule has 0 aliphatic rings. The molecule has 0 aliphatic heterocycles. The molecule has 0 unspecified atom stereocenters. The van der Waals surface area contributed by atoms with Gasteiger partial charge in [0.15, 0.2) is 0 Å². The van der Waals surface area contributed by atoms with Crippen LogP contribution in [0.4, 0.5) is 20.2 Å². The number of nitrogens with one attached hydrogen (secondary N) is 1. The first-order valence-corrected chi connectivity index (χ1v) is 8.90. The summed E-state index contributed by atoms with van der Waals surface area (Å²) in [5.41, 5.74) is 0.271. The van der Waals surface area contributed by atoms with Crippen LogP contribution in [0.25, 0.3) is 0 Å². The molecular weight excluding hydrogens is 338 g/mol. The summed E-state index contributed by atoms with van der Waals surface area (Å²) in [6, 6.07) is 10.6. The number of anilines is 2. The van der Waals surface area contributed by atoms with Gasteiger partial charge in [-0.05, 0) is 36.4 Å². The third kappa shape index (κ3) is 4.76. The van der Waals surface area contributed by atoms with Crippen molar-refractivity contribution in [3.63, 3.8) is 0 Å². The average Bonchev–Trinajstić information content (AvgIpc) is 2.50. The van der Waals surface area contributed by atoms with Gasteiger partial charge < -0.3 is 5.32 Å². The van der Waals surface area contributed by atoms with Crippen molar-refractivity contribution in [2.75, 3.05) is 22.4 Å². The first-order chi connectivity index (χ1) is 11.3. The fraction of sp³-hybridized carbons (Fsp3) is 0.188. The quantitative estimate of drug-likeness (QED) is 0.867. The van der Waals surface area contributed by atoms with Gasteiger partial charge in [-0.2, -0.15) is 0 Å². The zero-order valence-electron chi connectivity index (χ0n) is 12.9. The van der Waals surface area contributed by atoms with E-state index in [0.717, 1.165) is 22.7 Å². The van der Waals surface area contributed by atoms with Gasteiger partial charge in [-0.15, -0.1) is 0 Å². The van der Waals surface area contributed by atoms with Gasteiger partial charge in [-0.1, -0.05) is 12.1 Å². The summed E-state index contributed by atoms with van der Waals surface area (Å²) in [6.07, 6.45) is 0.809. The molecule has 0 atom stereocenters. The van der Waals surface area contributed by atoms with Crippen LogP contribution in [0.1, 0.15) is 6.42 Å². The van der Waals surface area contributed by atoms with Crippen molar-refractivity contribution >= 4 is 27.3 Å². The van der Waals surface area contributed by atoms with Crippen molar-refractivity contribution < 1.29 is 22.0 Å². The molecule has 5 nitrogen and oxygen atoms in total. The standard InChI is InChI=1S/C16H16F2N2O3S/c1-24(22,23)20(13-8-6-12(17)7-9-13)11-10-16(21)19-15-5-3-2-4-14(15)18/h2-9H,10-11H2,1H3,(H,19,21). The maximum atomic E-state index is 13.5. The number of carbonyl (C=O) groups excluding carboxylic acids is 1. The summed E-state index contributed by atoms with van der Waals surface area (Å²) in [7, 11) is -3.65. The third-order valence-corrected chi connectivity index (χ3v) is 4.40. The van der Waals surface area contributed by atoms with Crippen molar-refractivity contribution in [3.05, 3.63) is 60.2 Å². The second-order valence-corrected chi connectivity index (χ2v) is 7.00. The highest BCUT2D eigenvalue weighted by Crippen LogP contribution is 2.19. The summed E-state index contributed by atoms with van der Waals surface area (Å²) in [5, 5.41) is 2.38. The van der Waals surface area contributed by atoms with Gasteiger partial charge in [-0.3, -0.25) is 9.10 Å². The number of carbonyl (C=O) groups is 1. The zero-order valence-corrected chi connectivity index (χ0v) is 13.7. The molecule has 2 rings (SSSR count). The van der Waals surface area contributed by atoms with Crippen LogP contribution in [0.5, 0.6) is 0 Å². The van der Waals surface area contributed by atoms with Gasteiger partial charge in [0.1, 0.15) is 11.6 Å². The molecule has 24 heavy (non-hydrogen) atoms. The Hall–Kier alpha value is -2.48. The molecule has 0 aliphatic carbocycles.